The summed E-state index contributed by atoms with van der Waals surface area (Å²) < 4.78 is 2.58. The van der Waals surface area contributed by atoms with E-state index < -0.39 is 0 Å². The third-order valence-electron chi connectivity index (χ3n) is 12.7. The Morgan fingerprint density at radius 2 is 1.32 bits per heavy atom. The molecule has 1 aromatic heterocycles. The molecule has 5 aliphatic rings. The Hall–Kier alpha value is -4.82. The van der Waals surface area contributed by atoms with Crippen LogP contribution in [0.3, 0.4) is 0 Å². The average Bonchev–Trinajstić information content (AvgIpc) is 3.71. The standard InChI is InChI=1S/C48H46N2/c1-4-15-33(16-5-1)36-29-37(34-17-6-2-7-18-34)31-39(30-36)49-45-25-12-11-22-42(45)44-32-35(27-28-47(44)49)40-23-14-24-43-41-21-10-13-26-46(41)50(48(40)43)38-19-8-3-9-20-38/h1,3-5,8-15,19-22,24-34,40-41,43,46,48H,2,6-7,16-18,23H2. The summed E-state index contributed by atoms with van der Waals surface area (Å²) in [6.45, 7) is 0. The van der Waals surface area contributed by atoms with Gasteiger partial charge < -0.3 is 9.47 Å². The van der Waals surface area contributed by atoms with Gasteiger partial charge in [-0.15, -0.1) is 0 Å². The zero-order valence-corrected chi connectivity index (χ0v) is 28.8. The minimum absolute atomic E-state index is 0.383. The van der Waals surface area contributed by atoms with E-state index in [2.05, 4.69) is 161 Å². The summed E-state index contributed by atoms with van der Waals surface area (Å²) in [5.41, 5.74) is 9.73. The quantitative estimate of drug-likeness (QED) is 0.172. The molecule has 10 rings (SSSR count). The lowest BCUT2D eigenvalue weighted by molar-refractivity contribution is 0.415. The van der Waals surface area contributed by atoms with Gasteiger partial charge in [-0.05, 0) is 90.8 Å². The molecule has 0 spiro atoms. The van der Waals surface area contributed by atoms with Crippen LogP contribution in [0, 0.1) is 11.8 Å². The van der Waals surface area contributed by atoms with Crippen LogP contribution < -0.4 is 4.90 Å². The fourth-order valence-electron chi connectivity index (χ4n) is 10.4. The van der Waals surface area contributed by atoms with E-state index in [1.165, 1.54) is 82.0 Å². The van der Waals surface area contributed by atoms with Crippen molar-refractivity contribution in [2.75, 3.05) is 4.90 Å². The van der Waals surface area contributed by atoms with Crippen LogP contribution in [0.1, 0.15) is 79.4 Å². The molecule has 4 aliphatic carbocycles. The van der Waals surface area contributed by atoms with Gasteiger partial charge in [-0.2, -0.15) is 0 Å². The molecule has 0 N–H and O–H groups in total. The SMILES string of the molecule is C1=CCC(c2cc(C3CCCCC3)cc(-n3c4ccccc4c4cc(C5CC=CC6C7C=CC=CC7N(c7ccccc7)C56)ccc43)c2)C=C1. The summed E-state index contributed by atoms with van der Waals surface area (Å²) in [5, 5.41) is 2.72. The van der Waals surface area contributed by atoms with Crippen molar-refractivity contribution in [2.45, 2.75) is 74.8 Å². The van der Waals surface area contributed by atoms with Crippen LogP contribution in [-0.4, -0.2) is 16.7 Å². The van der Waals surface area contributed by atoms with Crippen molar-refractivity contribution in [1.82, 2.24) is 4.57 Å². The maximum Gasteiger partial charge on any atom is 0.0548 e. The highest BCUT2D eigenvalue weighted by atomic mass is 15.2. The van der Waals surface area contributed by atoms with Gasteiger partial charge in [0.25, 0.3) is 0 Å². The van der Waals surface area contributed by atoms with Gasteiger partial charge in [0.1, 0.15) is 0 Å². The third kappa shape index (κ3) is 4.98. The predicted octanol–water partition coefficient (Wildman–Crippen LogP) is 12.1. The zero-order chi connectivity index (χ0) is 33.0. The molecule has 1 saturated carbocycles. The van der Waals surface area contributed by atoms with Crippen LogP contribution in [-0.2, 0) is 0 Å². The molecule has 6 atom stereocenters. The largest absolute Gasteiger partial charge is 0.360 e. The molecule has 1 saturated heterocycles. The first kappa shape index (κ1) is 30.0. The first-order valence-electron chi connectivity index (χ1n) is 19.2. The fraction of sp³-hybridized carbons (Fsp3) is 0.292. The summed E-state index contributed by atoms with van der Waals surface area (Å²) in [6, 6.07) is 36.1. The number of anilines is 1. The van der Waals surface area contributed by atoms with Gasteiger partial charge in [-0.1, -0.05) is 129 Å². The van der Waals surface area contributed by atoms with Gasteiger partial charge in [-0.3, -0.25) is 0 Å². The van der Waals surface area contributed by atoms with Gasteiger partial charge in [0, 0.05) is 51.9 Å². The molecule has 1 aliphatic heterocycles. The Balaban J connectivity index is 1.11. The minimum Gasteiger partial charge on any atom is -0.360 e. The highest BCUT2D eigenvalue weighted by Gasteiger charge is 2.50. The van der Waals surface area contributed by atoms with Crippen molar-refractivity contribution in [3.8, 4) is 5.69 Å². The maximum atomic E-state index is 2.75. The topological polar surface area (TPSA) is 8.17 Å². The lowest BCUT2D eigenvalue weighted by Gasteiger charge is -2.39. The number of aromatic nitrogens is 1. The normalized spacial score (nSPS) is 27.3. The molecule has 2 nitrogen and oxygen atoms in total. The Labute approximate surface area is 296 Å². The Morgan fingerprint density at radius 3 is 2.20 bits per heavy atom. The number of hydrogen-bond acceptors (Lipinski definition) is 1. The molecule has 0 radical (unpaired) electrons. The van der Waals surface area contributed by atoms with Crippen molar-refractivity contribution in [3.63, 3.8) is 0 Å². The smallest absolute Gasteiger partial charge is 0.0548 e. The van der Waals surface area contributed by atoms with E-state index in [1.807, 2.05) is 0 Å². The zero-order valence-electron chi connectivity index (χ0n) is 28.8. The van der Waals surface area contributed by atoms with E-state index in [-0.39, 0.29) is 0 Å². The van der Waals surface area contributed by atoms with Gasteiger partial charge in [-0.25, -0.2) is 0 Å². The van der Waals surface area contributed by atoms with Gasteiger partial charge in [0.2, 0.25) is 0 Å². The van der Waals surface area contributed by atoms with Crippen molar-refractivity contribution in [3.05, 3.63) is 168 Å². The summed E-state index contributed by atoms with van der Waals surface area (Å²) in [6.07, 6.45) is 32.4. The van der Waals surface area contributed by atoms with Crippen molar-refractivity contribution in [2.24, 2.45) is 11.8 Å². The maximum absolute atomic E-state index is 2.75. The van der Waals surface area contributed by atoms with E-state index in [0.717, 1.165) is 12.8 Å². The Bertz CT molecular complexity index is 2200. The number of hydrogen-bond donors (Lipinski definition) is 0. The monoisotopic (exact) mass is 650 g/mol. The molecule has 2 fully saturated rings. The number of fused-ring (bicyclic) bond motifs is 6. The number of benzene rings is 4. The summed E-state index contributed by atoms with van der Waals surface area (Å²) >= 11 is 0. The van der Waals surface area contributed by atoms with Gasteiger partial charge in [0.05, 0.1) is 17.1 Å². The van der Waals surface area contributed by atoms with E-state index in [0.29, 0.717) is 41.7 Å². The number of rotatable bonds is 5. The van der Waals surface area contributed by atoms with E-state index in [4.69, 9.17) is 0 Å². The van der Waals surface area contributed by atoms with E-state index >= 15 is 0 Å². The Morgan fingerprint density at radius 1 is 0.520 bits per heavy atom. The van der Waals surface area contributed by atoms with Gasteiger partial charge in [0.15, 0.2) is 0 Å². The molecule has 5 aromatic rings. The molecule has 0 amide bonds. The lowest BCUT2D eigenvalue weighted by atomic mass is 9.74. The summed E-state index contributed by atoms with van der Waals surface area (Å²) in [4.78, 5) is 2.75. The van der Waals surface area contributed by atoms with Crippen LogP contribution >= 0.6 is 0 Å². The second kappa shape index (κ2) is 12.5. The van der Waals surface area contributed by atoms with Crippen molar-refractivity contribution >= 4 is 27.5 Å². The molecule has 2 heteroatoms. The average molecular weight is 651 g/mol. The molecule has 4 aromatic carbocycles. The highest BCUT2D eigenvalue weighted by Crippen LogP contribution is 2.51. The van der Waals surface area contributed by atoms with Crippen LogP contribution in [0.25, 0.3) is 27.5 Å². The van der Waals surface area contributed by atoms with Crippen LogP contribution in [0.5, 0.6) is 0 Å². The molecule has 50 heavy (non-hydrogen) atoms. The molecule has 0 bridgehead atoms. The van der Waals surface area contributed by atoms with E-state index in [1.54, 1.807) is 0 Å². The first-order chi connectivity index (χ1) is 24.8. The van der Waals surface area contributed by atoms with Gasteiger partial charge >= 0.3 is 0 Å². The van der Waals surface area contributed by atoms with Crippen molar-refractivity contribution < 1.29 is 0 Å². The second-order valence-corrected chi connectivity index (χ2v) is 15.4. The number of para-hydroxylation sites is 2. The molecular weight excluding hydrogens is 605 g/mol. The molecule has 248 valence electrons. The first-order valence-corrected chi connectivity index (χ1v) is 19.2. The van der Waals surface area contributed by atoms with Crippen molar-refractivity contribution in [1.29, 1.82) is 0 Å². The lowest BCUT2D eigenvalue weighted by Crippen LogP contribution is -2.42. The highest BCUT2D eigenvalue weighted by molar-refractivity contribution is 6.09. The summed E-state index contributed by atoms with van der Waals surface area (Å²) in [5.74, 6) is 2.49. The van der Waals surface area contributed by atoms with Crippen LogP contribution in [0.2, 0.25) is 0 Å². The molecule has 2 heterocycles. The van der Waals surface area contributed by atoms with Crippen LogP contribution in [0.4, 0.5) is 5.69 Å². The molecular formula is C48H46N2. The van der Waals surface area contributed by atoms with E-state index in [9.17, 15) is 0 Å². The Kier molecular flexibility index (Phi) is 7.51. The van der Waals surface area contributed by atoms with Crippen LogP contribution in [0.15, 0.2) is 152 Å². The molecule has 6 unspecified atom stereocenters. The fourth-order valence-corrected chi connectivity index (χ4v) is 10.4. The number of nitrogens with zero attached hydrogens (tertiary/aromatic N) is 2. The number of allylic oxidation sites excluding steroid dienone is 7. The minimum atomic E-state index is 0.383. The summed E-state index contributed by atoms with van der Waals surface area (Å²) in [7, 11) is 0. The predicted molar refractivity (Wildman–Crippen MR) is 210 cm³/mol. The second-order valence-electron chi connectivity index (χ2n) is 15.4. The third-order valence-corrected chi connectivity index (χ3v) is 12.7.